The lowest BCUT2D eigenvalue weighted by atomic mass is 10.1. The third-order valence-corrected chi connectivity index (χ3v) is 2.78. The molecule has 2 aromatic rings. The van der Waals surface area contributed by atoms with Crippen LogP contribution in [-0.4, -0.2) is 12.6 Å². The summed E-state index contributed by atoms with van der Waals surface area (Å²) in [5.74, 6) is 0. The minimum absolute atomic E-state index is 0. The zero-order valence-corrected chi connectivity index (χ0v) is 11.7. The van der Waals surface area contributed by atoms with Crippen LogP contribution < -0.4 is 5.73 Å². The number of hydrogen-bond donors (Lipinski definition) is 1. The van der Waals surface area contributed by atoms with Crippen LogP contribution in [0, 0.1) is 0 Å². The minimum Gasteiger partial charge on any atom is -0.375 e. The molecule has 2 rings (SSSR count). The molecule has 0 heterocycles. The second kappa shape index (κ2) is 8.70. The molecule has 3 heteroatoms. The van der Waals surface area contributed by atoms with Crippen LogP contribution >= 0.6 is 12.4 Å². The highest BCUT2D eigenvalue weighted by molar-refractivity contribution is 5.85. The monoisotopic (exact) mass is 277 g/mol. The van der Waals surface area contributed by atoms with Crippen LogP contribution in [0.15, 0.2) is 60.7 Å². The Morgan fingerprint density at radius 3 is 1.95 bits per heavy atom. The minimum atomic E-state index is 0. The summed E-state index contributed by atoms with van der Waals surface area (Å²) < 4.78 is 5.63. The van der Waals surface area contributed by atoms with E-state index in [-0.39, 0.29) is 18.4 Å². The van der Waals surface area contributed by atoms with Gasteiger partial charge >= 0.3 is 0 Å². The lowest BCUT2D eigenvalue weighted by Crippen LogP contribution is -2.28. The van der Waals surface area contributed by atoms with Crippen LogP contribution in [0.4, 0.5) is 0 Å². The summed E-state index contributed by atoms with van der Waals surface area (Å²) in [6.45, 7) is 1.22. The van der Waals surface area contributed by atoms with E-state index in [1.807, 2.05) is 36.4 Å². The maximum Gasteiger partial charge on any atom is 0.0717 e. The molecule has 0 aliphatic rings. The molecule has 0 aliphatic carbocycles. The maximum absolute atomic E-state index is 6.04. The third kappa shape index (κ3) is 5.88. The van der Waals surface area contributed by atoms with Gasteiger partial charge in [-0.05, 0) is 17.5 Å². The van der Waals surface area contributed by atoms with Crippen LogP contribution in [0.25, 0.3) is 0 Å². The van der Waals surface area contributed by atoms with Crippen LogP contribution in [0.1, 0.15) is 11.1 Å². The third-order valence-electron chi connectivity index (χ3n) is 2.78. The predicted molar refractivity (Wildman–Crippen MR) is 81.5 cm³/mol. The topological polar surface area (TPSA) is 35.2 Å². The molecule has 0 fully saturated rings. The van der Waals surface area contributed by atoms with Gasteiger partial charge in [0, 0.05) is 6.04 Å². The Bertz CT molecular complexity index is 447. The van der Waals surface area contributed by atoms with Gasteiger partial charge in [0.1, 0.15) is 0 Å². The van der Waals surface area contributed by atoms with Crippen molar-refractivity contribution >= 4 is 12.4 Å². The van der Waals surface area contributed by atoms with E-state index in [0.29, 0.717) is 13.2 Å². The number of rotatable bonds is 6. The van der Waals surface area contributed by atoms with Gasteiger partial charge in [0.15, 0.2) is 0 Å². The molecule has 0 amide bonds. The average molecular weight is 278 g/mol. The molecule has 0 saturated carbocycles. The first-order valence-electron chi connectivity index (χ1n) is 6.26. The highest BCUT2D eigenvalue weighted by Gasteiger charge is 2.04. The van der Waals surface area contributed by atoms with Crippen molar-refractivity contribution in [3.05, 3.63) is 71.8 Å². The Hall–Kier alpha value is -1.35. The van der Waals surface area contributed by atoms with Gasteiger partial charge in [0.05, 0.1) is 13.2 Å². The average Bonchev–Trinajstić information content (AvgIpc) is 2.41. The Balaban J connectivity index is 0.00000180. The molecule has 0 radical (unpaired) electrons. The molecule has 0 bridgehead atoms. The summed E-state index contributed by atoms with van der Waals surface area (Å²) in [4.78, 5) is 0. The summed E-state index contributed by atoms with van der Waals surface area (Å²) in [5.41, 5.74) is 8.49. The first-order chi connectivity index (χ1) is 8.84. The van der Waals surface area contributed by atoms with Gasteiger partial charge in [-0.15, -0.1) is 12.4 Å². The second-order valence-electron chi connectivity index (χ2n) is 4.45. The molecule has 1 unspecified atom stereocenters. The molecule has 2 aromatic carbocycles. The largest absolute Gasteiger partial charge is 0.375 e. The Morgan fingerprint density at radius 2 is 1.37 bits per heavy atom. The van der Waals surface area contributed by atoms with E-state index >= 15 is 0 Å². The van der Waals surface area contributed by atoms with E-state index in [9.17, 15) is 0 Å². The van der Waals surface area contributed by atoms with Gasteiger partial charge in [-0.2, -0.15) is 0 Å². The molecular weight excluding hydrogens is 258 g/mol. The Morgan fingerprint density at radius 1 is 0.842 bits per heavy atom. The number of ether oxygens (including phenoxy) is 1. The van der Waals surface area contributed by atoms with E-state index in [2.05, 4.69) is 24.3 Å². The molecule has 0 saturated heterocycles. The maximum atomic E-state index is 6.04. The Labute approximate surface area is 121 Å². The lowest BCUT2D eigenvalue weighted by Gasteiger charge is -2.12. The van der Waals surface area contributed by atoms with Gasteiger partial charge < -0.3 is 10.5 Å². The molecule has 1 atom stereocenters. The zero-order chi connectivity index (χ0) is 12.6. The number of hydrogen-bond acceptors (Lipinski definition) is 2. The summed E-state index contributed by atoms with van der Waals surface area (Å²) in [5, 5.41) is 0. The molecule has 0 spiro atoms. The molecule has 0 aromatic heterocycles. The van der Waals surface area contributed by atoms with Gasteiger partial charge in [0.25, 0.3) is 0 Å². The predicted octanol–water partition coefficient (Wildman–Crippen LogP) is 3.20. The van der Waals surface area contributed by atoms with E-state index in [1.165, 1.54) is 11.1 Å². The fourth-order valence-corrected chi connectivity index (χ4v) is 1.88. The number of halogens is 1. The summed E-state index contributed by atoms with van der Waals surface area (Å²) in [6.07, 6.45) is 0.857. The molecule has 0 aliphatic heterocycles. The second-order valence-corrected chi connectivity index (χ2v) is 4.45. The zero-order valence-electron chi connectivity index (χ0n) is 10.9. The summed E-state index contributed by atoms with van der Waals surface area (Å²) in [7, 11) is 0. The van der Waals surface area contributed by atoms with Crippen molar-refractivity contribution in [2.75, 3.05) is 6.61 Å². The highest BCUT2D eigenvalue weighted by atomic mass is 35.5. The fourth-order valence-electron chi connectivity index (χ4n) is 1.88. The first kappa shape index (κ1) is 15.7. The van der Waals surface area contributed by atoms with Gasteiger partial charge in [-0.1, -0.05) is 60.7 Å². The van der Waals surface area contributed by atoms with Gasteiger partial charge in [0.2, 0.25) is 0 Å². The number of nitrogens with two attached hydrogens (primary N) is 1. The fraction of sp³-hybridized carbons (Fsp3) is 0.250. The first-order valence-corrected chi connectivity index (χ1v) is 6.26. The van der Waals surface area contributed by atoms with Crippen molar-refractivity contribution in [3.63, 3.8) is 0 Å². The van der Waals surface area contributed by atoms with Crippen LogP contribution in [0.3, 0.4) is 0 Å². The van der Waals surface area contributed by atoms with Crippen molar-refractivity contribution in [3.8, 4) is 0 Å². The van der Waals surface area contributed by atoms with E-state index in [4.69, 9.17) is 10.5 Å². The summed E-state index contributed by atoms with van der Waals surface area (Å²) in [6, 6.07) is 20.5. The van der Waals surface area contributed by atoms with Crippen molar-refractivity contribution in [2.45, 2.75) is 19.1 Å². The molecule has 2 nitrogen and oxygen atoms in total. The Kier molecular flexibility index (Phi) is 7.19. The summed E-state index contributed by atoms with van der Waals surface area (Å²) >= 11 is 0. The van der Waals surface area contributed by atoms with Crippen molar-refractivity contribution in [2.24, 2.45) is 5.73 Å². The van der Waals surface area contributed by atoms with Crippen LogP contribution in [0.5, 0.6) is 0 Å². The van der Waals surface area contributed by atoms with Crippen molar-refractivity contribution in [1.82, 2.24) is 0 Å². The molecule has 19 heavy (non-hydrogen) atoms. The van der Waals surface area contributed by atoms with Crippen molar-refractivity contribution in [1.29, 1.82) is 0 Å². The molecule has 2 N–H and O–H groups in total. The van der Waals surface area contributed by atoms with E-state index in [0.717, 1.165) is 6.42 Å². The molecule has 102 valence electrons. The SMILES string of the molecule is Cl.NC(COCc1ccccc1)Cc1ccccc1. The lowest BCUT2D eigenvalue weighted by molar-refractivity contribution is 0.108. The van der Waals surface area contributed by atoms with Gasteiger partial charge in [-0.25, -0.2) is 0 Å². The standard InChI is InChI=1S/C16H19NO.ClH/c17-16(11-14-7-3-1-4-8-14)13-18-12-15-9-5-2-6-10-15;/h1-10,16H,11-13,17H2;1H. The van der Waals surface area contributed by atoms with Crippen LogP contribution in [-0.2, 0) is 17.8 Å². The van der Waals surface area contributed by atoms with Crippen LogP contribution in [0.2, 0.25) is 0 Å². The molecular formula is C16H20ClNO. The number of benzene rings is 2. The van der Waals surface area contributed by atoms with Gasteiger partial charge in [-0.3, -0.25) is 0 Å². The van der Waals surface area contributed by atoms with Crippen molar-refractivity contribution < 1.29 is 4.74 Å². The van der Waals surface area contributed by atoms with E-state index in [1.54, 1.807) is 0 Å². The van der Waals surface area contributed by atoms with E-state index < -0.39 is 0 Å². The smallest absolute Gasteiger partial charge is 0.0717 e. The highest BCUT2D eigenvalue weighted by Crippen LogP contribution is 2.04. The normalized spacial score (nSPS) is 11.6. The quantitative estimate of drug-likeness (QED) is 0.880.